The number of aryl methyl sites for hydroxylation is 1. The molecule has 0 fully saturated rings. The lowest BCUT2D eigenvalue weighted by atomic mass is 9.93. The number of amides is 2. The highest BCUT2D eigenvalue weighted by atomic mass is 32.1. The Hall–Kier alpha value is -2.67. The maximum atomic E-state index is 12.5. The first-order valence-corrected chi connectivity index (χ1v) is 8.52. The Morgan fingerprint density at radius 2 is 2.25 bits per heavy atom. The van der Waals surface area contributed by atoms with Crippen molar-refractivity contribution in [2.45, 2.75) is 19.8 Å². The molecule has 1 aromatic carbocycles. The molecule has 1 aliphatic heterocycles. The van der Waals surface area contributed by atoms with E-state index in [1.807, 2.05) is 19.1 Å². The number of aromatic amines is 1. The van der Waals surface area contributed by atoms with Gasteiger partial charge < -0.3 is 10.3 Å². The molecule has 3 N–H and O–H groups in total. The van der Waals surface area contributed by atoms with Crippen LogP contribution in [0.1, 0.15) is 44.1 Å². The van der Waals surface area contributed by atoms with E-state index >= 15 is 0 Å². The third kappa shape index (κ3) is 2.37. The minimum absolute atomic E-state index is 0.0939. The Balaban J connectivity index is 1.74. The van der Waals surface area contributed by atoms with E-state index in [-0.39, 0.29) is 17.7 Å². The van der Waals surface area contributed by atoms with Gasteiger partial charge in [-0.25, -0.2) is 4.98 Å². The standard InChI is InChI=1S/C17H16N4O2S/c1-8-6-18-16(23)14-13(8)11-5-10(3-4-12(11)20-14)15(22)21-17-19-7-9(2)24-17/h3-5,7-8,20H,6H2,1-2H3,(H,18,23)(H,19,21,22). The largest absolute Gasteiger partial charge is 0.350 e. The molecular weight excluding hydrogens is 324 g/mol. The first kappa shape index (κ1) is 14.9. The van der Waals surface area contributed by atoms with Gasteiger partial charge in [0.2, 0.25) is 0 Å². The second-order valence-electron chi connectivity index (χ2n) is 6.02. The van der Waals surface area contributed by atoms with Crippen molar-refractivity contribution >= 4 is 39.2 Å². The Morgan fingerprint density at radius 1 is 1.42 bits per heavy atom. The Bertz CT molecular complexity index is 972. The van der Waals surface area contributed by atoms with Gasteiger partial charge in [0.1, 0.15) is 5.69 Å². The van der Waals surface area contributed by atoms with Gasteiger partial charge in [0, 0.05) is 40.0 Å². The highest BCUT2D eigenvalue weighted by Crippen LogP contribution is 2.32. The number of hydrogen-bond donors (Lipinski definition) is 3. The van der Waals surface area contributed by atoms with E-state index in [4.69, 9.17) is 0 Å². The zero-order valence-corrected chi connectivity index (χ0v) is 14.1. The molecule has 4 rings (SSSR count). The van der Waals surface area contributed by atoms with Crippen LogP contribution in [0.25, 0.3) is 10.9 Å². The summed E-state index contributed by atoms with van der Waals surface area (Å²) in [5.41, 5.74) is 2.99. The second kappa shape index (κ2) is 5.45. The van der Waals surface area contributed by atoms with Crippen LogP contribution in [0.3, 0.4) is 0 Å². The number of aromatic nitrogens is 2. The molecule has 1 aliphatic rings. The van der Waals surface area contributed by atoms with Crippen molar-refractivity contribution in [3.8, 4) is 0 Å². The van der Waals surface area contributed by atoms with E-state index in [2.05, 4.69) is 27.5 Å². The first-order valence-electron chi connectivity index (χ1n) is 7.70. The summed E-state index contributed by atoms with van der Waals surface area (Å²) in [5.74, 6) is -0.0935. The molecule has 122 valence electrons. The number of hydrogen-bond acceptors (Lipinski definition) is 4. The Morgan fingerprint density at radius 3 is 3.00 bits per heavy atom. The van der Waals surface area contributed by atoms with Crippen molar-refractivity contribution < 1.29 is 9.59 Å². The fraction of sp³-hybridized carbons (Fsp3) is 0.235. The molecule has 0 bridgehead atoms. The van der Waals surface area contributed by atoms with Crippen LogP contribution in [0.2, 0.25) is 0 Å². The van der Waals surface area contributed by atoms with Gasteiger partial charge in [0.15, 0.2) is 5.13 Å². The van der Waals surface area contributed by atoms with E-state index in [0.29, 0.717) is 22.9 Å². The van der Waals surface area contributed by atoms with E-state index in [0.717, 1.165) is 21.3 Å². The topological polar surface area (TPSA) is 86.9 Å². The summed E-state index contributed by atoms with van der Waals surface area (Å²) in [6.45, 7) is 4.61. The van der Waals surface area contributed by atoms with Crippen LogP contribution in [0.15, 0.2) is 24.4 Å². The van der Waals surface area contributed by atoms with Crippen molar-refractivity contribution in [3.63, 3.8) is 0 Å². The number of rotatable bonds is 2. The zero-order chi connectivity index (χ0) is 16.8. The molecule has 0 radical (unpaired) electrons. The van der Waals surface area contributed by atoms with E-state index in [9.17, 15) is 9.59 Å². The highest BCUT2D eigenvalue weighted by Gasteiger charge is 2.27. The number of carbonyl (C=O) groups excluding carboxylic acids is 2. The Kier molecular flexibility index (Phi) is 3.38. The molecule has 2 amide bonds. The van der Waals surface area contributed by atoms with Gasteiger partial charge in [-0.15, -0.1) is 11.3 Å². The fourth-order valence-corrected chi connectivity index (χ4v) is 3.72. The van der Waals surface area contributed by atoms with Crippen molar-refractivity contribution in [3.05, 3.63) is 46.1 Å². The van der Waals surface area contributed by atoms with Gasteiger partial charge in [-0.1, -0.05) is 6.92 Å². The summed E-state index contributed by atoms with van der Waals surface area (Å²) in [6, 6.07) is 5.44. The third-order valence-electron chi connectivity index (χ3n) is 4.23. The SMILES string of the molecule is Cc1cnc(NC(=O)c2ccc3[nH]c4c(c3c2)C(C)CNC4=O)s1. The van der Waals surface area contributed by atoms with E-state index < -0.39 is 0 Å². The number of nitrogens with zero attached hydrogens (tertiary/aromatic N) is 1. The Labute approximate surface area is 142 Å². The molecule has 24 heavy (non-hydrogen) atoms. The maximum absolute atomic E-state index is 12.5. The average Bonchev–Trinajstić information content (AvgIpc) is 3.14. The number of carbonyl (C=O) groups is 2. The molecule has 1 unspecified atom stereocenters. The van der Waals surface area contributed by atoms with Crippen LogP contribution < -0.4 is 10.6 Å². The quantitative estimate of drug-likeness (QED) is 0.670. The molecule has 0 spiro atoms. The lowest BCUT2D eigenvalue weighted by Gasteiger charge is -2.19. The number of thiazole rings is 1. The van der Waals surface area contributed by atoms with Crippen LogP contribution in [0, 0.1) is 6.92 Å². The van der Waals surface area contributed by atoms with Crippen LogP contribution in [-0.4, -0.2) is 28.3 Å². The van der Waals surface area contributed by atoms with Crippen LogP contribution in [-0.2, 0) is 0 Å². The minimum atomic E-state index is -0.200. The number of benzene rings is 1. The van der Waals surface area contributed by atoms with E-state index in [1.165, 1.54) is 11.3 Å². The summed E-state index contributed by atoms with van der Waals surface area (Å²) < 4.78 is 0. The molecule has 6 nitrogen and oxygen atoms in total. The smallest absolute Gasteiger partial charge is 0.268 e. The van der Waals surface area contributed by atoms with Crippen LogP contribution in [0.5, 0.6) is 0 Å². The number of H-pyrrole nitrogens is 1. The number of fused-ring (bicyclic) bond motifs is 3. The summed E-state index contributed by atoms with van der Waals surface area (Å²) >= 11 is 1.44. The second-order valence-corrected chi connectivity index (χ2v) is 7.25. The predicted molar refractivity (Wildman–Crippen MR) is 93.9 cm³/mol. The van der Waals surface area contributed by atoms with Crippen molar-refractivity contribution in [1.29, 1.82) is 0 Å². The molecule has 7 heteroatoms. The fourth-order valence-electron chi connectivity index (χ4n) is 3.06. The molecular formula is C17H16N4O2S. The molecule has 0 saturated heterocycles. The van der Waals surface area contributed by atoms with Crippen molar-refractivity contribution in [1.82, 2.24) is 15.3 Å². The number of anilines is 1. The molecule has 0 aliphatic carbocycles. The first-order chi connectivity index (χ1) is 11.5. The molecule has 2 aromatic heterocycles. The van der Waals surface area contributed by atoms with Gasteiger partial charge >= 0.3 is 0 Å². The normalized spacial score (nSPS) is 16.8. The third-order valence-corrected chi connectivity index (χ3v) is 5.06. The lowest BCUT2D eigenvalue weighted by Crippen LogP contribution is -2.33. The number of nitrogens with one attached hydrogen (secondary N) is 3. The summed E-state index contributed by atoms with van der Waals surface area (Å²) in [5, 5.41) is 7.19. The van der Waals surface area contributed by atoms with Gasteiger partial charge in [0.05, 0.1) is 0 Å². The van der Waals surface area contributed by atoms with Crippen molar-refractivity contribution in [2.75, 3.05) is 11.9 Å². The van der Waals surface area contributed by atoms with Crippen LogP contribution >= 0.6 is 11.3 Å². The lowest BCUT2D eigenvalue weighted by molar-refractivity contribution is 0.0936. The molecule has 3 aromatic rings. The maximum Gasteiger partial charge on any atom is 0.268 e. The summed E-state index contributed by atoms with van der Waals surface area (Å²) in [7, 11) is 0. The highest BCUT2D eigenvalue weighted by molar-refractivity contribution is 7.15. The molecule has 3 heterocycles. The predicted octanol–water partition coefficient (Wildman–Crippen LogP) is 3.03. The van der Waals surface area contributed by atoms with Crippen molar-refractivity contribution in [2.24, 2.45) is 0 Å². The molecule has 0 saturated carbocycles. The average molecular weight is 340 g/mol. The minimum Gasteiger partial charge on any atom is -0.350 e. The van der Waals surface area contributed by atoms with Gasteiger partial charge in [-0.2, -0.15) is 0 Å². The summed E-state index contributed by atoms with van der Waals surface area (Å²) in [4.78, 5) is 32.9. The van der Waals surface area contributed by atoms with E-state index in [1.54, 1.807) is 12.3 Å². The van der Waals surface area contributed by atoms with Gasteiger partial charge in [-0.3, -0.25) is 14.9 Å². The van der Waals surface area contributed by atoms with Crippen LogP contribution in [0.4, 0.5) is 5.13 Å². The van der Waals surface area contributed by atoms with Gasteiger partial charge in [-0.05, 0) is 30.7 Å². The molecule has 1 atom stereocenters. The van der Waals surface area contributed by atoms with Gasteiger partial charge in [0.25, 0.3) is 11.8 Å². The summed E-state index contributed by atoms with van der Waals surface area (Å²) in [6.07, 6.45) is 1.73. The zero-order valence-electron chi connectivity index (χ0n) is 13.3. The monoisotopic (exact) mass is 340 g/mol.